The minimum absolute atomic E-state index is 0.0286. The minimum Gasteiger partial charge on any atom is -0.494 e. The number of ether oxygens (including phenoxy) is 1. The van der Waals surface area contributed by atoms with Crippen molar-refractivity contribution < 1.29 is 14.3 Å². The van der Waals surface area contributed by atoms with Crippen LogP contribution in [0.25, 0.3) is 0 Å². The Labute approximate surface area is 164 Å². The minimum atomic E-state index is -0.498. The number of hydrogen-bond donors (Lipinski definition) is 3. The van der Waals surface area contributed by atoms with E-state index in [1.165, 1.54) is 0 Å². The molecular formula is C20H27N5O3. The Morgan fingerprint density at radius 3 is 2.75 bits per heavy atom. The summed E-state index contributed by atoms with van der Waals surface area (Å²) in [5.41, 5.74) is 1.26. The van der Waals surface area contributed by atoms with Gasteiger partial charge in [0.2, 0.25) is 5.91 Å². The molecule has 0 radical (unpaired) electrons. The van der Waals surface area contributed by atoms with Crippen molar-refractivity contribution in [1.29, 1.82) is 0 Å². The van der Waals surface area contributed by atoms with Gasteiger partial charge in [0.15, 0.2) is 6.29 Å². The second-order valence-corrected chi connectivity index (χ2v) is 6.85. The van der Waals surface area contributed by atoms with Crippen LogP contribution in [0.3, 0.4) is 0 Å². The predicted octanol–water partition coefficient (Wildman–Crippen LogP) is 2.58. The van der Waals surface area contributed by atoms with Crippen LogP contribution < -0.4 is 20.7 Å². The Balaban J connectivity index is 1.76. The molecule has 1 fully saturated rings. The zero-order valence-corrected chi connectivity index (χ0v) is 16.5. The number of amides is 2. The van der Waals surface area contributed by atoms with Gasteiger partial charge < -0.3 is 15.4 Å². The molecule has 0 aliphatic carbocycles. The molecule has 2 aromatic rings. The molecule has 3 N–H and O–H groups in total. The van der Waals surface area contributed by atoms with E-state index in [1.807, 2.05) is 13.8 Å². The molecule has 0 spiro atoms. The Morgan fingerprint density at radius 2 is 2.07 bits per heavy atom. The normalized spacial score (nSPS) is 19.2. The molecule has 1 aromatic carbocycles. The number of aromatic nitrogens is 2. The van der Waals surface area contributed by atoms with Crippen LogP contribution in [0.15, 0.2) is 30.3 Å². The molecule has 2 atom stereocenters. The third kappa shape index (κ3) is 4.69. The van der Waals surface area contributed by atoms with Crippen LogP contribution in [0.2, 0.25) is 0 Å². The summed E-state index contributed by atoms with van der Waals surface area (Å²) < 4.78 is 7.02. The molecule has 1 aliphatic heterocycles. The van der Waals surface area contributed by atoms with E-state index < -0.39 is 6.29 Å². The molecule has 8 heteroatoms. The molecular weight excluding hydrogens is 358 g/mol. The summed E-state index contributed by atoms with van der Waals surface area (Å²) in [5, 5.41) is 13.6. The summed E-state index contributed by atoms with van der Waals surface area (Å²) in [6.07, 6.45) is 1.83. The quantitative estimate of drug-likeness (QED) is 0.681. The first kappa shape index (κ1) is 19.9. The summed E-state index contributed by atoms with van der Waals surface area (Å²) in [6.45, 7) is 6.41. The fourth-order valence-electron chi connectivity index (χ4n) is 3.29. The van der Waals surface area contributed by atoms with E-state index in [9.17, 15) is 9.59 Å². The van der Waals surface area contributed by atoms with Crippen molar-refractivity contribution in [2.45, 2.75) is 52.4 Å². The van der Waals surface area contributed by atoms with Crippen LogP contribution in [0.1, 0.15) is 55.5 Å². The van der Waals surface area contributed by atoms with Crippen LogP contribution >= 0.6 is 0 Å². The van der Waals surface area contributed by atoms with Crippen molar-refractivity contribution in [2.24, 2.45) is 0 Å². The van der Waals surface area contributed by atoms with Crippen molar-refractivity contribution in [3.8, 4) is 5.75 Å². The van der Waals surface area contributed by atoms with Crippen LogP contribution in [0, 0.1) is 6.92 Å². The Bertz CT molecular complexity index is 831. The standard InChI is InChI=1S/C20H27N5O3/c1-4-6-15-12-18(26)23-20(21-15)25-17(11-13(3)24-25)22-19(27)14-7-9-16(10-8-14)28-5-2/h7-11,15,20-21H,4-6,12H2,1-3H3,(H,22,27)(H,23,26). The molecule has 0 saturated carbocycles. The number of hydrogen-bond acceptors (Lipinski definition) is 5. The Morgan fingerprint density at radius 1 is 1.32 bits per heavy atom. The summed E-state index contributed by atoms with van der Waals surface area (Å²) >= 11 is 0. The van der Waals surface area contributed by atoms with E-state index in [-0.39, 0.29) is 17.9 Å². The molecule has 1 aromatic heterocycles. The van der Waals surface area contributed by atoms with E-state index in [4.69, 9.17) is 4.74 Å². The number of carbonyl (C=O) groups excluding carboxylic acids is 2. The van der Waals surface area contributed by atoms with Crippen LogP contribution in [0.5, 0.6) is 5.75 Å². The van der Waals surface area contributed by atoms with E-state index in [0.29, 0.717) is 24.4 Å². The third-order valence-electron chi connectivity index (χ3n) is 4.53. The van der Waals surface area contributed by atoms with E-state index in [2.05, 4.69) is 28.0 Å². The lowest BCUT2D eigenvalue weighted by molar-refractivity contribution is -0.125. The van der Waals surface area contributed by atoms with Crippen molar-refractivity contribution in [3.63, 3.8) is 0 Å². The summed E-state index contributed by atoms with van der Waals surface area (Å²) in [4.78, 5) is 24.7. The highest BCUT2D eigenvalue weighted by molar-refractivity contribution is 6.03. The van der Waals surface area contributed by atoms with Crippen molar-refractivity contribution in [3.05, 3.63) is 41.6 Å². The first-order valence-electron chi connectivity index (χ1n) is 9.66. The number of nitrogens with zero attached hydrogens (tertiary/aromatic N) is 2. The molecule has 2 unspecified atom stereocenters. The lowest BCUT2D eigenvalue weighted by Crippen LogP contribution is -2.53. The monoisotopic (exact) mass is 385 g/mol. The second-order valence-electron chi connectivity index (χ2n) is 6.85. The molecule has 28 heavy (non-hydrogen) atoms. The van der Waals surface area contributed by atoms with Crippen LogP contribution in [-0.4, -0.2) is 34.2 Å². The van der Waals surface area contributed by atoms with Crippen molar-refractivity contribution >= 4 is 17.6 Å². The number of carbonyl (C=O) groups is 2. The number of anilines is 1. The van der Waals surface area contributed by atoms with Gasteiger partial charge in [-0.05, 0) is 44.5 Å². The van der Waals surface area contributed by atoms with Gasteiger partial charge in [-0.2, -0.15) is 5.10 Å². The Hall–Kier alpha value is -2.87. The number of benzene rings is 1. The maximum Gasteiger partial charge on any atom is 0.256 e. The lowest BCUT2D eigenvalue weighted by atomic mass is 10.1. The van der Waals surface area contributed by atoms with E-state index in [0.717, 1.165) is 24.3 Å². The SMILES string of the molecule is CCCC1CC(=O)NC(n2nc(C)cc2NC(=O)c2ccc(OCC)cc2)N1. The first-order chi connectivity index (χ1) is 13.5. The lowest BCUT2D eigenvalue weighted by Gasteiger charge is -2.32. The van der Waals surface area contributed by atoms with Gasteiger partial charge in [0.25, 0.3) is 5.91 Å². The molecule has 1 aliphatic rings. The van der Waals surface area contributed by atoms with Gasteiger partial charge in [-0.3, -0.25) is 14.9 Å². The highest BCUT2D eigenvalue weighted by atomic mass is 16.5. The fourth-order valence-corrected chi connectivity index (χ4v) is 3.29. The maximum absolute atomic E-state index is 12.7. The molecule has 2 amide bonds. The number of nitrogens with one attached hydrogen (secondary N) is 3. The van der Waals surface area contributed by atoms with Gasteiger partial charge in [-0.25, -0.2) is 4.68 Å². The fraction of sp³-hybridized carbons (Fsp3) is 0.450. The molecule has 8 nitrogen and oxygen atoms in total. The molecule has 2 heterocycles. The number of aryl methyl sites for hydroxylation is 1. The van der Waals surface area contributed by atoms with Crippen LogP contribution in [0.4, 0.5) is 5.82 Å². The average Bonchev–Trinajstić information content (AvgIpc) is 3.02. The van der Waals surface area contributed by atoms with E-state index in [1.54, 1.807) is 35.0 Å². The summed E-state index contributed by atoms with van der Waals surface area (Å²) in [7, 11) is 0. The van der Waals surface area contributed by atoms with Crippen molar-refractivity contribution in [2.75, 3.05) is 11.9 Å². The summed E-state index contributed by atoms with van der Waals surface area (Å²) in [6, 6.07) is 8.82. The van der Waals surface area contributed by atoms with Gasteiger partial charge in [-0.1, -0.05) is 13.3 Å². The highest BCUT2D eigenvalue weighted by Gasteiger charge is 2.28. The molecule has 150 valence electrons. The molecule has 1 saturated heterocycles. The van der Waals surface area contributed by atoms with Gasteiger partial charge in [-0.15, -0.1) is 0 Å². The number of rotatable bonds is 7. The zero-order valence-electron chi connectivity index (χ0n) is 16.5. The summed E-state index contributed by atoms with van der Waals surface area (Å²) in [5.74, 6) is 0.956. The van der Waals surface area contributed by atoms with Gasteiger partial charge >= 0.3 is 0 Å². The Kier molecular flexibility index (Phi) is 6.30. The van der Waals surface area contributed by atoms with Gasteiger partial charge in [0.05, 0.1) is 12.3 Å². The maximum atomic E-state index is 12.7. The van der Waals surface area contributed by atoms with Gasteiger partial charge in [0, 0.05) is 24.1 Å². The first-order valence-corrected chi connectivity index (χ1v) is 9.66. The van der Waals surface area contributed by atoms with E-state index >= 15 is 0 Å². The second kappa shape index (κ2) is 8.88. The third-order valence-corrected chi connectivity index (χ3v) is 4.53. The molecule has 0 bridgehead atoms. The largest absolute Gasteiger partial charge is 0.494 e. The molecule has 3 rings (SSSR count). The van der Waals surface area contributed by atoms with Gasteiger partial charge in [0.1, 0.15) is 11.6 Å². The zero-order chi connectivity index (χ0) is 20.1. The van der Waals surface area contributed by atoms with Crippen molar-refractivity contribution in [1.82, 2.24) is 20.4 Å². The van der Waals surface area contributed by atoms with Crippen LogP contribution in [-0.2, 0) is 4.79 Å². The highest BCUT2D eigenvalue weighted by Crippen LogP contribution is 2.20. The predicted molar refractivity (Wildman–Crippen MR) is 106 cm³/mol. The average molecular weight is 385 g/mol. The smallest absolute Gasteiger partial charge is 0.256 e. The topological polar surface area (TPSA) is 97.3 Å².